The van der Waals surface area contributed by atoms with Gasteiger partial charge in [0, 0.05) is 23.9 Å². The highest BCUT2D eigenvalue weighted by atomic mass is 19.1. The number of carboxylic acids is 1. The Morgan fingerprint density at radius 3 is 2.90 bits per heavy atom. The minimum atomic E-state index is -1.28. The molecular formula is C29H33FN6O4. The van der Waals surface area contributed by atoms with Crippen molar-refractivity contribution >= 4 is 39.4 Å². The monoisotopic (exact) mass is 548 g/mol. The van der Waals surface area contributed by atoms with Crippen LogP contribution in [-0.2, 0) is 27.3 Å². The number of nitrogens with two attached hydrogens (primary N) is 1. The normalized spacial score (nSPS) is 22.7. The van der Waals surface area contributed by atoms with Crippen molar-refractivity contribution in [2.75, 3.05) is 19.0 Å². The summed E-state index contributed by atoms with van der Waals surface area (Å²) in [5.41, 5.74) is 9.90. The van der Waals surface area contributed by atoms with Crippen molar-refractivity contribution in [2.24, 2.45) is 23.5 Å². The van der Waals surface area contributed by atoms with E-state index in [2.05, 4.69) is 32.7 Å². The van der Waals surface area contributed by atoms with Crippen LogP contribution < -0.4 is 11.1 Å². The van der Waals surface area contributed by atoms with Crippen molar-refractivity contribution < 1.29 is 23.8 Å². The molecule has 2 aromatic heterocycles. The number of carboxylic acid groups (broad SMARTS) is 1. The minimum Gasteiger partial charge on any atom is -0.480 e. The summed E-state index contributed by atoms with van der Waals surface area (Å²) in [6, 6.07) is 6.58. The van der Waals surface area contributed by atoms with E-state index in [4.69, 9.17) is 15.6 Å². The zero-order valence-corrected chi connectivity index (χ0v) is 22.3. The lowest BCUT2D eigenvalue weighted by molar-refractivity contribution is -0.149. The molecule has 5 N–H and O–H groups in total. The standard InChI is InChI=1S/C29H33FN6O4/c1-32-28-21(30)11-23-20(14-33-35-23)27(28)26-17-4-3-16(10-17)19(26)9-15-2-5-24-18(8-15)13-34-36(24)6-7-40-25(37)12-22(31)29(38)39/h2,5,8,11,13-14,16-17,19,22,26,32H,3-4,6-7,9-10,12,31H2,1H3,(H,33,35)(H,38,39)/t16?,17?,19-,22?,26+/m1/s1. The van der Waals surface area contributed by atoms with Gasteiger partial charge < -0.3 is 20.9 Å². The lowest BCUT2D eigenvalue weighted by Crippen LogP contribution is -2.33. The van der Waals surface area contributed by atoms with Gasteiger partial charge in [-0.25, -0.2) is 4.39 Å². The number of halogens is 1. The Kier molecular flexibility index (Phi) is 6.91. The quantitative estimate of drug-likeness (QED) is 0.219. The average molecular weight is 549 g/mol. The number of hydrogen-bond acceptors (Lipinski definition) is 7. The molecule has 5 atom stereocenters. The van der Waals surface area contributed by atoms with Gasteiger partial charge in [0.25, 0.3) is 0 Å². The fourth-order valence-electron chi connectivity index (χ4n) is 7.12. The van der Waals surface area contributed by atoms with Crippen LogP contribution in [0.25, 0.3) is 21.8 Å². The van der Waals surface area contributed by atoms with Gasteiger partial charge in [-0.15, -0.1) is 0 Å². The maximum atomic E-state index is 15.1. The summed E-state index contributed by atoms with van der Waals surface area (Å²) in [5.74, 6) is -0.361. The molecular weight excluding hydrogens is 515 g/mol. The Balaban J connectivity index is 1.20. The first-order chi connectivity index (χ1) is 19.3. The molecule has 11 heteroatoms. The van der Waals surface area contributed by atoms with Gasteiger partial charge in [0.15, 0.2) is 0 Å². The highest BCUT2D eigenvalue weighted by Gasteiger charge is 2.49. The number of aromatic nitrogens is 4. The number of anilines is 1. The molecule has 0 aliphatic heterocycles. The number of hydrogen-bond donors (Lipinski definition) is 4. The molecule has 3 unspecified atom stereocenters. The number of nitrogens with zero attached hydrogens (tertiary/aromatic N) is 3. The van der Waals surface area contributed by atoms with Gasteiger partial charge in [-0.2, -0.15) is 10.2 Å². The first-order valence-electron chi connectivity index (χ1n) is 13.8. The van der Waals surface area contributed by atoms with Crippen LogP contribution in [0.1, 0.15) is 42.7 Å². The van der Waals surface area contributed by atoms with E-state index in [9.17, 15) is 9.59 Å². The number of carbonyl (C=O) groups excluding carboxylic acids is 1. The van der Waals surface area contributed by atoms with Gasteiger partial charge in [-0.3, -0.25) is 19.4 Å². The summed E-state index contributed by atoms with van der Waals surface area (Å²) >= 11 is 0. The third-order valence-electron chi connectivity index (χ3n) is 8.86. The number of H-pyrrole nitrogens is 1. The number of nitrogens with one attached hydrogen (secondary N) is 2. The third-order valence-corrected chi connectivity index (χ3v) is 8.86. The van der Waals surface area contributed by atoms with E-state index in [1.165, 1.54) is 30.9 Å². The van der Waals surface area contributed by atoms with Gasteiger partial charge >= 0.3 is 11.9 Å². The first kappa shape index (κ1) is 26.2. The van der Waals surface area contributed by atoms with Gasteiger partial charge in [0.2, 0.25) is 0 Å². The topological polar surface area (TPSA) is 148 Å². The molecule has 2 fully saturated rings. The van der Waals surface area contributed by atoms with Gasteiger partial charge in [-0.05, 0) is 72.6 Å². The summed E-state index contributed by atoms with van der Waals surface area (Å²) in [5, 5.41) is 25.6. The molecule has 4 aromatic rings. The largest absolute Gasteiger partial charge is 0.480 e. The maximum Gasteiger partial charge on any atom is 0.321 e. The number of rotatable bonds is 10. The third kappa shape index (κ3) is 4.68. The van der Waals surface area contributed by atoms with Crippen LogP contribution in [0.4, 0.5) is 10.1 Å². The van der Waals surface area contributed by atoms with E-state index >= 15 is 4.39 Å². The molecule has 0 radical (unpaired) electrons. The molecule has 40 heavy (non-hydrogen) atoms. The molecule has 6 rings (SSSR count). The fourth-order valence-corrected chi connectivity index (χ4v) is 7.12. The number of ether oxygens (including phenoxy) is 1. The predicted octanol–water partition coefficient (Wildman–Crippen LogP) is 3.81. The van der Waals surface area contributed by atoms with Crippen molar-refractivity contribution in [1.29, 1.82) is 0 Å². The van der Waals surface area contributed by atoms with Crippen LogP contribution in [0.2, 0.25) is 0 Å². The van der Waals surface area contributed by atoms with Crippen molar-refractivity contribution in [3.63, 3.8) is 0 Å². The molecule has 2 heterocycles. The van der Waals surface area contributed by atoms with Crippen LogP contribution in [0.5, 0.6) is 0 Å². The van der Waals surface area contributed by atoms with Crippen LogP contribution in [0.3, 0.4) is 0 Å². The van der Waals surface area contributed by atoms with Crippen molar-refractivity contribution in [3.05, 3.63) is 53.6 Å². The number of aromatic amines is 1. The van der Waals surface area contributed by atoms with E-state index < -0.39 is 18.0 Å². The Bertz CT molecular complexity index is 1580. The summed E-state index contributed by atoms with van der Waals surface area (Å²) in [4.78, 5) is 22.7. The Labute approximate surface area is 230 Å². The zero-order valence-electron chi connectivity index (χ0n) is 22.3. The molecule has 2 aromatic carbocycles. The fraction of sp³-hybridized carbons (Fsp3) is 0.448. The van der Waals surface area contributed by atoms with Crippen LogP contribution in [0, 0.1) is 23.6 Å². The Hall–Kier alpha value is -3.99. The summed E-state index contributed by atoms with van der Waals surface area (Å²) in [6.45, 7) is 0.416. The number of esters is 1. The highest BCUT2D eigenvalue weighted by molar-refractivity contribution is 5.88. The number of benzene rings is 2. The number of carbonyl (C=O) groups is 2. The predicted molar refractivity (Wildman–Crippen MR) is 147 cm³/mol. The number of aliphatic carboxylic acids is 1. The van der Waals surface area contributed by atoms with Gasteiger partial charge in [0.05, 0.1) is 42.1 Å². The summed E-state index contributed by atoms with van der Waals surface area (Å²) < 4.78 is 22.0. The molecule has 2 aliphatic carbocycles. The van der Waals surface area contributed by atoms with Crippen LogP contribution >= 0.6 is 0 Å². The second kappa shape index (κ2) is 10.5. The molecule has 10 nitrogen and oxygen atoms in total. The van der Waals surface area contributed by atoms with Crippen molar-refractivity contribution in [2.45, 2.75) is 50.6 Å². The molecule has 0 spiro atoms. The van der Waals surface area contributed by atoms with E-state index in [0.29, 0.717) is 30.0 Å². The molecule has 210 valence electrons. The van der Waals surface area contributed by atoms with E-state index in [1.54, 1.807) is 17.9 Å². The Morgan fingerprint density at radius 2 is 2.10 bits per heavy atom. The first-order valence-corrected chi connectivity index (χ1v) is 13.8. The second-order valence-corrected chi connectivity index (χ2v) is 11.1. The average Bonchev–Trinajstić information content (AvgIpc) is 3.72. The van der Waals surface area contributed by atoms with Crippen molar-refractivity contribution in [3.8, 4) is 0 Å². The molecule has 0 amide bonds. The second-order valence-electron chi connectivity index (χ2n) is 11.1. The van der Waals surface area contributed by atoms with E-state index in [-0.39, 0.29) is 24.8 Å². The van der Waals surface area contributed by atoms with Crippen LogP contribution in [-0.4, -0.2) is 56.7 Å². The lowest BCUT2D eigenvalue weighted by atomic mass is 9.71. The smallest absolute Gasteiger partial charge is 0.321 e. The van der Waals surface area contributed by atoms with Crippen LogP contribution in [0.15, 0.2) is 36.7 Å². The highest BCUT2D eigenvalue weighted by Crippen LogP contribution is 2.59. The number of fused-ring (bicyclic) bond motifs is 4. The SMILES string of the molecule is CNc1c(F)cc2[nH]ncc2c1[C@H]1C2CCC(C2)[C@H]1Cc1ccc2c(cnn2CCOC(=O)CC(N)C(=O)O)c1. The summed E-state index contributed by atoms with van der Waals surface area (Å²) in [7, 11) is 1.79. The van der Waals surface area contributed by atoms with Gasteiger partial charge in [-0.1, -0.05) is 6.07 Å². The zero-order chi connectivity index (χ0) is 28.0. The van der Waals surface area contributed by atoms with Gasteiger partial charge in [0.1, 0.15) is 18.5 Å². The van der Waals surface area contributed by atoms with E-state index in [1.807, 2.05) is 12.3 Å². The van der Waals surface area contributed by atoms with E-state index in [0.717, 1.165) is 33.8 Å². The summed E-state index contributed by atoms with van der Waals surface area (Å²) in [6.07, 6.45) is 7.70. The molecule has 2 saturated carbocycles. The lowest BCUT2D eigenvalue weighted by Gasteiger charge is -2.33. The Morgan fingerprint density at radius 1 is 1.27 bits per heavy atom. The van der Waals surface area contributed by atoms with Crippen molar-refractivity contribution in [1.82, 2.24) is 20.0 Å². The molecule has 2 bridgehead atoms. The molecule has 0 saturated heterocycles. The minimum absolute atomic E-state index is 0.0699. The molecule has 2 aliphatic rings. The maximum absolute atomic E-state index is 15.1.